The van der Waals surface area contributed by atoms with Crippen molar-refractivity contribution in [3.63, 3.8) is 0 Å². The van der Waals surface area contributed by atoms with E-state index < -0.39 is 0 Å². The van der Waals surface area contributed by atoms with Crippen molar-refractivity contribution in [1.29, 1.82) is 0 Å². The van der Waals surface area contributed by atoms with Gasteiger partial charge in [-0.25, -0.2) is 0 Å². The van der Waals surface area contributed by atoms with E-state index in [0.29, 0.717) is 30.7 Å². The van der Waals surface area contributed by atoms with E-state index in [4.69, 9.17) is 4.74 Å². The van der Waals surface area contributed by atoms with Crippen LogP contribution < -0.4 is 4.74 Å². The molecule has 1 aromatic carbocycles. The Balaban J connectivity index is 1.19. The summed E-state index contributed by atoms with van der Waals surface area (Å²) in [5, 5.41) is 0. The molecule has 1 atom stereocenters. The molecule has 3 heterocycles. The van der Waals surface area contributed by atoms with Crippen molar-refractivity contribution in [2.24, 2.45) is 17.8 Å². The third-order valence-electron chi connectivity index (χ3n) is 7.53. The average Bonchev–Trinajstić information content (AvgIpc) is 2.84. The highest BCUT2D eigenvalue weighted by Crippen LogP contribution is 2.26. The molecule has 0 aromatic heterocycles. The number of piperidine rings is 3. The minimum Gasteiger partial charge on any atom is -0.484 e. The van der Waals surface area contributed by atoms with Gasteiger partial charge in [0, 0.05) is 38.6 Å². The molecule has 0 radical (unpaired) electrons. The molecule has 6 heteroatoms. The van der Waals surface area contributed by atoms with Crippen LogP contribution in [0.1, 0.15) is 45.4 Å². The van der Waals surface area contributed by atoms with E-state index in [0.717, 1.165) is 44.8 Å². The summed E-state index contributed by atoms with van der Waals surface area (Å²) in [6.45, 7) is 9.10. The van der Waals surface area contributed by atoms with Crippen molar-refractivity contribution >= 4 is 11.8 Å². The fourth-order valence-electron chi connectivity index (χ4n) is 5.41. The molecular weight excluding hydrogens is 402 g/mol. The molecule has 0 saturated carbocycles. The Kier molecular flexibility index (Phi) is 8.06. The van der Waals surface area contributed by atoms with Crippen LogP contribution >= 0.6 is 0 Å². The van der Waals surface area contributed by atoms with Gasteiger partial charge in [0.25, 0.3) is 5.91 Å². The number of amides is 2. The second-order valence-corrected chi connectivity index (χ2v) is 10.0. The third-order valence-corrected chi connectivity index (χ3v) is 7.53. The van der Waals surface area contributed by atoms with Crippen molar-refractivity contribution < 1.29 is 14.3 Å². The first-order chi connectivity index (χ1) is 15.6. The molecule has 2 amide bonds. The van der Waals surface area contributed by atoms with Gasteiger partial charge in [-0.2, -0.15) is 0 Å². The van der Waals surface area contributed by atoms with Gasteiger partial charge in [-0.05, 0) is 75.6 Å². The number of hydrogen-bond donors (Lipinski definition) is 0. The topological polar surface area (TPSA) is 53.1 Å². The molecule has 3 saturated heterocycles. The fourth-order valence-corrected chi connectivity index (χ4v) is 5.41. The fraction of sp³-hybridized carbons (Fsp3) is 0.692. The molecule has 3 fully saturated rings. The van der Waals surface area contributed by atoms with Gasteiger partial charge in [-0.1, -0.05) is 25.1 Å². The Morgan fingerprint density at radius 3 is 2.34 bits per heavy atom. The Labute approximate surface area is 192 Å². The molecule has 6 nitrogen and oxygen atoms in total. The zero-order valence-electron chi connectivity index (χ0n) is 19.6. The van der Waals surface area contributed by atoms with Crippen LogP contribution in [0.3, 0.4) is 0 Å². The summed E-state index contributed by atoms with van der Waals surface area (Å²) in [5.74, 6) is 2.56. The van der Waals surface area contributed by atoms with Crippen LogP contribution in [-0.4, -0.2) is 78.9 Å². The van der Waals surface area contributed by atoms with Gasteiger partial charge in [0.2, 0.25) is 5.91 Å². The lowest BCUT2D eigenvalue weighted by molar-refractivity contribution is -0.142. The molecular formula is C26H39N3O3. The van der Waals surface area contributed by atoms with Crippen LogP contribution in [0.2, 0.25) is 0 Å². The highest BCUT2D eigenvalue weighted by atomic mass is 16.5. The summed E-state index contributed by atoms with van der Waals surface area (Å²) in [5.41, 5.74) is 0. The monoisotopic (exact) mass is 441 g/mol. The van der Waals surface area contributed by atoms with Crippen molar-refractivity contribution in [1.82, 2.24) is 14.7 Å². The van der Waals surface area contributed by atoms with E-state index in [-0.39, 0.29) is 18.4 Å². The molecule has 0 aliphatic carbocycles. The average molecular weight is 442 g/mol. The lowest BCUT2D eigenvalue weighted by atomic mass is 9.91. The Morgan fingerprint density at radius 2 is 1.62 bits per heavy atom. The predicted molar refractivity (Wildman–Crippen MR) is 125 cm³/mol. The summed E-state index contributed by atoms with van der Waals surface area (Å²) in [4.78, 5) is 32.3. The lowest BCUT2D eigenvalue weighted by Gasteiger charge is -2.40. The minimum atomic E-state index is 0.00800. The van der Waals surface area contributed by atoms with Crippen LogP contribution in [-0.2, 0) is 9.59 Å². The SMILES string of the molecule is CC1CCN(CC2CCCN(C(=O)C3CCN(C(=O)COc4ccccc4)CC3)C2)CC1. The second kappa shape index (κ2) is 11.2. The number of carbonyl (C=O) groups excluding carboxylic acids is 2. The number of likely N-dealkylation sites (tertiary alicyclic amines) is 3. The second-order valence-electron chi connectivity index (χ2n) is 10.0. The van der Waals surface area contributed by atoms with Crippen molar-refractivity contribution in [2.45, 2.75) is 45.4 Å². The van der Waals surface area contributed by atoms with Crippen LogP contribution in [0.15, 0.2) is 30.3 Å². The maximum absolute atomic E-state index is 13.2. The van der Waals surface area contributed by atoms with Gasteiger partial charge in [0.1, 0.15) is 5.75 Å². The number of nitrogens with zero attached hydrogens (tertiary/aromatic N) is 3. The number of ether oxygens (including phenoxy) is 1. The van der Waals surface area contributed by atoms with Gasteiger partial charge in [-0.15, -0.1) is 0 Å². The van der Waals surface area contributed by atoms with E-state index >= 15 is 0 Å². The summed E-state index contributed by atoms with van der Waals surface area (Å²) < 4.78 is 5.60. The summed E-state index contributed by atoms with van der Waals surface area (Å²) >= 11 is 0. The van der Waals surface area contributed by atoms with Gasteiger partial charge in [0.15, 0.2) is 6.61 Å². The van der Waals surface area contributed by atoms with Crippen LogP contribution in [0.25, 0.3) is 0 Å². The zero-order valence-corrected chi connectivity index (χ0v) is 19.6. The van der Waals surface area contributed by atoms with E-state index in [1.165, 1.54) is 32.4 Å². The summed E-state index contributed by atoms with van der Waals surface area (Å²) in [6.07, 6.45) is 6.51. The van der Waals surface area contributed by atoms with E-state index in [1.54, 1.807) is 0 Å². The Bertz CT molecular complexity index is 740. The maximum Gasteiger partial charge on any atom is 0.260 e. The van der Waals surface area contributed by atoms with Crippen molar-refractivity contribution in [2.75, 3.05) is 52.4 Å². The maximum atomic E-state index is 13.2. The number of rotatable bonds is 6. The Morgan fingerprint density at radius 1 is 0.906 bits per heavy atom. The number of carbonyl (C=O) groups is 2. The number of hydrogen-bond acceptors (Lipinski definition) is 4. The molecule has 3 aliphatic heterocycles. The van der Waals surface area contributed by atoms with Crippen LogP contribution in [0, 0.1) is 17.8 Å². The van der Waals surface area contributed by atoms with Crippen molar-refractivity contribution in [3.05, 3.63) is 30.3 Å². The first-order valence-corrected chi connectivity index (χ1v) is 12.5. The highest BCUT2D eigenvalue weighted by molar-refractivity contribution is 5.80. The molecule has 0 spiro atoms. The Hall–Kier alpha value is -2.08. The smallest absolute Gasteiger partial charge is 0.260 e. The molecule has 1 unspecified atom stereocenters. The lowest BCUT2D eigenvalue weighted by Crippen LogP contribution is -2.49. The molecule has 1 aromatic rings. The zero-order chi connectivity index (χ0) is 22.3. The predicted octanol–water partition coefficient (Wildman–Crippen LogP) is 3.27. The molecule has 0 bridgehead atoms. The standard InChI is InChI=1S/C26H39N3O3/c1-21-9-14-27(15-10-21)18-22-6-5-13-29(19-22)26(31)23-11-16-28(17-12-23)25(30)20-32-24-7-3-2-4-8-24/h2-4,7-8,21-23H,5-6,9-20H2,1H3. The summed E-state index contributed by atoms with van der Waals surface area (Å²) in [6, 6.07) is 9.44. The van der Waals surface area contributed by atoms with Gasteiger partial charge < -0.3 is 19.4 Å². The minimum absolute atomic E-state index is 0.00800. The van der Waals surface area contributed by atoms with Gasteiger partial charge >= 0.3 is 0 Å². The van der Waals surface area contributed by atoms with Gasteiger partial charge in [0.05, 0.1) is 0 Å². The molecule has 32 heavy (non-hydrogen) atoms. The highest BCUT2D eigenvalue weighted by Gasteiger charge is 2.33. The molecule has 4 rings (SSSR count). The van der Waals surface area contributed by atoms with Gasteiger partial charge in [-0.3, -0.25) is 9.59 Å². The van der Waals surface area contributed by atoms with Crippen LogP contribution in [0.4, 0.5) is 0 Å². The third kappa shape index (κ3) is 6.25. The normalized spacial score (nSPS) is 23.8. The van der Waals surface area contributed by atoms with Crippen LogP contribution in [0.5, 0.6) is 5.75 Å². The van der Waals surface area contributed by atoms with E-state index in [1.807, 2.05) is 35.2 Å². The number of benzene rings is 1. The van der Waals surface area contributed by atoms with Crippen molar-refractivity contribution in [3.8, 4) is 5.75 Å². The first kappa shape index (κ1) is 23.1. The largest absolute Gasteiger partial charge is 0.484 e. The number of para-hydroxylation sites is 1. The molecule has 176 valence electrons. The quantitative estimate of drug-likeness (QED) is 0.680. The molecule has 3 aliphatic rings. The molecule has 0 N–H and O–H groups in total. The summed E-state index contributed by atoms with van der Waals surface area (Å²) in [7, 11) is 0. The van der Waals surface area contributed by atoms with E-state index in [2.05, 4.69) is 16.7 Å². The first-order valence-electron chi connectivity index (χ1n) is 12.5. The van der Waals surface area contributed by atoms with E-state index in [9.17, 15) is 9.59 Å².